The van der Waals surface area contributed by atoms with Crippen molar-refractivity contribution in [2.75, 3.05) is 0 Å². The monoisotopic (exact) mass is 246 g/mol. The molecular formula is C14H18N2O2. The third-order valence-electron chi connectivity index (χ3n) is 3.19. The quantitative estimate of drug-likeness (QED) is 0.801. The first-order valence-corrected chi connectivity index (χ1v) is 6.15. The first-order chi connectivity index (χ1) is 8.41. The van der Waals surface area contributed by atoms with E-state index in [2.05, 4.69) is 24.5 Å². The lowest BCUT2D eigenvalue weighted by molar-refractivity contribution is -0.123. The largest absolute Gasteiger partial charge is 0.322 e. The second-order valence-electron chi connectivity index (χ2n) is 5.33. The zero-order chi connectivity index (χ0) is 13.3. The normalized spacial score (nSPS) is 23.1. The smallest absolute Gasteiger partial charge is 0.320 e. The Morgan fingerprint density at radius 3 is 2.56 bits per heavy atom. The molecule has 96 valence electrons. The maximum absolute atomic E-state index is 11.8. The summed E-state index contributed by atoms with van der Waals surface area (Å²) in [4.78, 5) is 23.1. The van der Waals surface area contributed by atoms with Gasteiger partial charge in [0.25, 0.3) is 5.91 Å². The van der Waals surface area contributed by atoms with Gasteiger partial charge in [0.1, 0.15) is 5.54 Å². The molecule has 1 aromatic rings. The van der Waals surface area contributed by atoms with Crippen molar-refractivity contribution in [1.29, 1.82) is 0 Å². The highest BCUT2D eigenvalue weighted by atomic mass is 16.2. The molecule has 0 saturated carbocycles. The second kappa shape index (κ2) is 4.44. The van der Waals surface area contributed by atoms with Crippen LogP contribution in [0.5, 0.6) is 0 Å². The zero-order valence-electron chi connectivity index (χ0n) is 10.9. The van der Waals surface area contributed by atoms with Crippen molar-refractivity contribution in [3.8, 4) is 0 Å². The van der Waals surface area contributed by atoms with Crippen LogP contribution >= 0.6 is 0 Å². The van der Waals surface area contributed by atoms with Crippen LogP contribution in [-0.4, -0.2) is 11.9 Å². The SMILES string of the molecule is CC(C)Cc1cccc(C2(C)NC(=O)NC2=O)c1. The molecule has 1 aliphatic heterocycles. The molecule has 0 spiro atoms. The van der Waals surface area contributed by atoms with Gasteiger partial charge in [0.15, 0.2) is 0 Å². The Balaban J connectivity index is 2.33. The Morgan fingerprint density at radius 2 is 2.00 bits per heavy atom. The zero-order valence-corrected chi connectivity index (χ0v) is 10.9. The highest BCUT2D eigenvalue weighted by Crippen LogP contribution is 2.25. The molecule has 0 aromatic heterocycles. The summed E-state index contributed by atoms with van der Waals surface area (Å²) in [5.74, 6) is 0.259. The van der Waals surface area contributed by atoms with E-state index < -0.39 is 11.6 Å². The molecule has 0 aliphatic carbocycles. The van der Waals surface area contributed by atoms with Gasteiger partial charge in [0.05, 0.1) is 0 Å². The molecule has 0 radical (unpaired) electrons. The molecule has 2 rings (SSSR count). The number of benzene rings is 1. The minimum atomic E-state index is -0.954. The number of carbonyl (C=O) groups is 2. The van der Waals surface area contributed by atoms with Gasteiger partial charge in [-0.25, -0.2) is 4.79 Å². The molecule has 1 atom stereocenters. The topological polar surface area (TPSA) is 58.2 Å². The molecule has 1 aromatic carbocycles. The summed E-state index contributed by atoms with van der Waals surface area (Å²) in [7, 11) is 0. The number of imide groups is 1. The minimum Gasteiger partial charge on any atom is -0.320 e. The number of hydrogen-bond acceptors (Lipinski definition) is 2. The van der Waals surface area contributed by atoms with E-state index in [0.717, 1.165) is 12.0 Å². The van der Waals surface area contributed by atoms with E-state index in [-0.39, 0.29) is 5.91 Å². The van der Waals surface area contributed by atoms with Crippen LogP contribution in [0.25, 0.3) is 0 Å². The van der Waals surface area contributed by atoms with Gasteiger partial charge in [-0.2, -0.15) is 0 Å². The van der Waals surface area contributed by atoms with Crippen LogP contribution in [-0.2, 0) is 16.8 Å². The van der Waals surface area contributed by atoms with Crippen LogP contribution < -0.4 is 10.6 Å². The highest BCUT2D eigenvalue weighted by Gasteiger charge is 2.43. The van der Waals surface area contributed by atoms with E-state index in [9.17, 15) is 9.59 Å². The first-order valence-electron chi connectivity index (χ1n) is 6.15. The third-order valence-corrected chi connectivity index (χ3v) is 3.19. The van der Waals surface area contributed by atoms with Gasteiger partial charge < -0.3 is 5.32 Å². The third kappa shape index (κ3) is 2.23. The van der Waals surface area contributed by atoms with Crippen molar-refractivity contribution in [2.24, 2.45) is 5.92 Å². The van der Waals surface area contributed by atoms with E-state index >= 15 is 0 Å². The summed E-state index contributed by atoms with van der Waals surface area (Å²) >= 11 is 0. The summed E-state index contributed by atoms with van der Waals surface area (Å²) in [6.07, 6.45) is 0.958. The van der Waals surface area contributed by atoms with Crippen molar-refractivity contribution in [1.82, 2.24) is 10.6 Å². The summed E-state index contributed by atoms with van der Waals surface area (Å²) in [6.45, 7) is 6.03. The van der Waals surface area contributed by atoms with E-state index in [0.29, 0.717) is 5.92 Å². The average molecular weight is 246 g/mol. The van der Waals surface area contributed by atoms with Crippen LogP contribution in [0.15, 0.2) is 24.3 Å². The van der Waals surface area contributed by atoms with Crippen molar-refractivity contribution in [3.05, 3.63) is 35.4 Å². The van der Waals surface area contributed by atoms with Gasteiger partial charge in [-0.15, -0.1) is 0 Å². The molecular weight excluding hydrogens is 228 g/mol. The molecule has 4 heteroatoms. The maximum Gasteiger partial charge on any atom is 0.322 e. The predicted octanol–water partition coefficient (Wildman–Crippen LogP) is 1.94. The van der Waals surface area contributed by atoms with Gasteiger partial charge >= 0.3 is 6.03 Å². The van der Waals surface area contributed by atoms with Crippen molar-refractivity contribution in [2.45, 2.75) is 32.7 Å². The highest BCUT2D eigenvalue weighted by molar-refractivity contribution is 6.07. The summed E-state index contributed by atoms with van der Waals surface area (Å²) < 4.78 is 0. The number of urea groups is 1. The van der Waals surface area contributed by atoms with Crippen molar-refractivity contribution in [3.63, 3.8) is 0 Å². The van der Waals surface area contributed by atoms with Gasteiger partial charge in [-0.3, -0.25) is 10.1 Å². The van der Waals surface area contributed by atoms with Gasteiger partial charge in [-0.05, 0) is 30.4 Å². The Morgan fingerprint density at radius 1 is 1.28 bits per heavy atom. The van der Waals surface area contributed by atoms with Crippen molar-refractivity contribution >= 4 is 11.9 Å². The summed E-state index contributed by atoms with van der Waals surface area (Å²) in [5.41, 5.74) is 1.05. The van der Waals surface area contributed by atoms with Crippen LogP contribution in [0, 0.1) is 5.92 Å². The molecule has 0 bridgehead atoms. The fourth-order valence-electron chi connectivity index (χ4n) is 2.23. The summed E-state index contributed by atoms with van der Waals surface area (Å²) in [6, 6.07) is 7.40. The van der Waals surface area contributed by atoms with E-state index in [1.54, 1.807) is 6.92 Å². The lowest BCUT2D eigenvalue weighted by Crippen LogP contribution is -2.40. The lowest BCUT2D eigenvalue weighted by atomic mass is 9.89. The van der Waals surface area contributed by atoms with Crippen LogP contribution in [0.1, 0.15) is 31.9 Å². The van der Waals surface area contributed by atoms with Gasteiger partial charge in [0.2, 0.25) is 0 Å². The van der Waals surface area contributed by atoms with Crippen LogP contribution in [0.3, 0.4) is 0 Å². The predicted molar refractivity (Wildman–Crippen MR) is 69.0 cm³/mol. The van der Waals surface area contributed by atoms with E-state index in [1.807, 2.05) is 24.3 Å². The standard InChI is InChI=1S/C14H18N2O2/c1-9(2)7-10-5-4-6-11(8-10)14(3)12(17)15-13(18)16-14/h4-6,8-9H,7H2,1-3H3,(H2,15,16,17,18). The molecule has 1 saturated heterocycles. The number of rotatable bonds is 3. The molecule has 1 unspecified atom stereocenters. The number of hydrogen-bond donors (Lipinski definition) is 2. The van der Waals surface area contributed by atoms with Crippen LogP contribution in [0.4, 0.5) is 4.79 Å². The Bertz CT molecular complexity index is 496. The van der Waals surface area contributed by atoms with Crippen molar-refractivity contribution < 1.29 is 9.59 Å². The number of amides is 3. The fourth-order valence-corrected chi connectivity index (χ4v) is 2.23. The summed E-state index contributed by atoms with van der Waals surface area (Å²) in [5, 5.41) is 4.95. The average Bonchev–Trinajstić information content (AvgIpc) is 2.53. The van der Waals surface area contributed by atoms with Crippen LogP contribution in [0.2, 0.25) is 0 Å². The first kappa shape index (κ1) is 12.6. The molecule has 2 N–H and O–H groups in total. The molecule has 1 heterocycles. The lowest BCUT2D eigenvalue weighted by Gasteiger charge is -2.22. The molecule has 1 fully saturated rings. The van der Waals surface area contributed by atoms with Gasteiger partial charge in [0, 0.05) is 0 Å². The number of nitrogens with one attached hydrogen (secondary N) is 2. The molecule has 3 amide bonds. The molecule has 1 aliphatic rings. The van der Waals surface area contributed by atoms with E-state index in [1.165, 1.54) is 5.56 Å². The fraction of sp³-hybridized carbons (Fsp3) is 0.429. The molecule has 4 nitrogen and oxygen atoms in total. The minimum absolute atomic E-state index is 0.297. The Labute approximate surface area is 107 Å². The Kier molecular flexibility index (Phi) is 3.11. The van der Waals surface area contributed by atoms with Gasteiger partial charge in [-0.1, -0.05) is 38.1 Å². The molecule has 18 heavy (non-hydrogen) atoms. The maximum atomic E-state index is 11.8. The Hall–Kier alpha value is -1.84. The second-order valence-corrected chi connectivity index (χ2v) is 5.33. The van der Waals surface area contributed by atoms with E-state index in [4.69, 9.17) is 0 Å². The number of carbonyl (C=O) groups excluding carboxylic acids is 2.